The van der Waals surface area contributed by atoms with Gasteiger partial charge in [0.15, 0.2) is 5.78 Å². The van der Waals surface area contributed by atoms with Crippen LogP contribution in [0.5, 0.6) is 5.75 Å². The van der Waals surface area contributed by atoms with E-state index in [1.807, 2.05) is 62.4 Å². The van der Waals surface area contributed by atoms with Crippen molar-refractivity contribution in [2.45, 2.75) is 26.9 Å². The summed E-state index contributed by atoms with van der Waals surface area (Å²) in [6.45, 7) is 5.59. The Balaban J connectivity index is 2.19. The molecule has 2 aromatic carbocycles. The molecule has 0 atom stereocenters. The Morgan fingerprint density at radius 1 is 0.895 bits per heavy atom. The molecule has 2 aromatic rings. The molecule has 0 N–H and O–H groups in total. The van der Waals surface area contributed by atoms with Gasteiger partial charge in [0.25, 0.3) is 0 Å². The van der Waals surface area contributed by atoms with E-state index in [-0.39, 0.29) is 11.9 Å². The molecule has 0 aliphatic carbocycles. The molecule has 0 aliphatic heterocycles. The van der Waals surface area contributed by atoms with Gasteiger partial charge in [-0.15, -0.1) is 0 Å². The summed E-state index contributed by atoms with van der Waals surface area (Å²) in [4.78, 5) is 11.2. The Morgan fingerprint density at radius 3 is 1.79 bits per heavy atom. The Bertz CT molecular complexity index is 551. The van der Waals surface area contributed by atoms with E-state index in [1.165, 1.54) is 0 Å². The smallest absolute Gasteiger partial charge is 0.159 e. The molecule has 19 heavy (non-hydrogen) atoms. The summed E-state index contributed by atoms with van der Waals surface area (Å²) in [5.74, 6) is 0.964. The second kappa shape index (κ2) is 5.70. The first-order valence-corrected chi connectivity index (χ1v) is 6.44. The monoisotopic (exact) mass is 254 g/mol. The molecule has 0 saturated carbocycles. The lowest BCUT2D eigenvalue weighted by Crippen LogP contribution is -2.05. The number of rotatable bonds is 4. The highest BCUT2D eigenvalue weighted by Gasteiger charge is 2.02. The Hall–Kier alpha value is -2.09. The fourth-order valence-electron chi connectivity index (χ4n) is 1.90. The first-order chi connectivity index (χ1) is 9.06. The predicted molar refractivity (Wildman–Crippen MR) is 77.6 cm³/mol. The van der Waals surface area contributed by atoms with Crippen LogP contribution in [0.4, 0.5) is 0 Å². The summed E-state index contributed by atoms with van der Waals surface area (Å²) in [6.07, 6.45) is 0.181. The molecule has 0 saturated heterocycles. The predicted octanol–water partition coefficient (Wildman–Crippen LogP) is 4.34. The lowest BCUT2D eigenvalue weighted by molar-refractivity contribution is 0.101. The second-order valence-corrected chi connectivity index (χ2v) is 4.82. The third-order valence-electron chi connectivity index (χ3n) is 2.85. The zero-order valence-electron chi connectivity index (χ0n) is 11.5. The average molecular weight is 254 g/mol. The summed E-state index contributed by atoms with van der Waals surface area (Å²) in [6, 6.07) is 15.6. The van der Waals surface area contributed by atoms with E-state index in [4.69, 9.17) is 4.74 Å². The quantitative estimate of drug-likeness (QED) is 0.758. The van der Waals surface area contributed by atoms with E-state index >= 15 is 0 Å². The minimum absolute atomic E-state index is 0.0900. The fraction of sp³-hybridized carbons (Fsp3) is 0.235. The topological polar surface area (TPSA) is 26.3 Å². The SMILES string of the molecule is CC(=O)c1ccc(-c2ccc(OC(C)C)cc2)cc1. The summed E-state index contributed by atoms with van der Waals surface area (Å²) >= 11 is 0. The Kier molecular flexibility index (Phi) is 4.00. The minimum Gasteiger partial charge on any atom is -0.491 e. The van der Waals surface area contributed by atoms with Crippen LogP contribution >= 0.6 is 0 Å². The number of ether oxygens (including phenoxy) is 1. The van der Waals surface area contributed by atoms with E-state index in [9.17, 15) is 4.79 Å². The zero-order chi connectivity index (χ0) is 13.8. The summed E-state index contributed by atoms with van der Waals surface area (Å²) in [5, 5.41) is 0. The first kappa shape index (κ1) is 13.3. The normalized spacial score (nSPS) is 10.5. The van der Waals surface area contributed by atoms with Crippen molar-refractivity contribution in [2.24, 2.45) is 0 Å². The fourth-order valence-corrected chi connectivity index (χ4v) is 1.90. The van der Waals surface area contributed by atoms with Crippen molar-refractivity contribution < 1.29 is 9.53 Å². The van der Waals surface area contributed by atoms with Crippen molar-refractivity contribution in [2.75, 3.05) is 0 Å². The summed E-state index contributed by atoms with van der Waals surface area (Å²) in [5.41, 5.74) is 2.95. The molecule has 0 unspecified atom stereocenters. The molecular weight excluding hydrogens is 236 g/mol. The van der Waals surface area contributed by atoms with Crippen LogP contribution in [0, 0.1) is 0 Å². The molecule has 0 amide bonds. The van der Waals surface area contributed by atoms with Crippen LogP contribution in [-0.4, -0.2) is 11.9 Å². The number of carbonyl (C=O) groups is 1. The van der Waals surface area contributed by atoms with E-state index in [1.54, 1.807) is 6.92 Å². The van der Waals surface area contributed by atoms with E-state index in [0.29, 0.717) is 0 Å². The van der Waals surface area contributed by atoms with Gasteiger partial charge >= 0.3 is 0 Å². The van der Waals surface area contributed by atoms with Crippen LogP contribution in [0.15, 0.2) is 48.5 Å². The third-order valence-corrected chi connectivity index (χ3v) is 2.85. The molecule has 0 heterocycles. The number of hydrogen-bond donors (Lipinski definition) is 0. The van der Waals surface area contributed by atoms with Gasteiger partial charge in [0.05, 0.1) is 6.10 Å². The molecular formula is C17H18O2. The molecule has 0 bridgehead atoms. The van der Waals surface area contributed by atoms with Crippen LogP contribution in [-0.2, 0) is 0 Å². The van der Waals surface area contributed by atoms with Crippen LogP contribution in [0.2, 0.25) is 0 Å². The molecule has 0 aromatic heterocycles. The van der Waals surface area contributed by atoms with Crippen LogP contribution in [0.3, 0.4) is 0 Å². The van der Waals surface area contributed by atoms with Crippen molar-refractivity contribution in [3.8, 4) is 16.9 Å². The number of ketones is 1. The van der Waals surface area contributed by atoms with Gasteiger partial charge in [0.1, 0.15) is 5.75 Å². The molecule has 2 heteroatoms. The van der Waals surface area contributed by atoms with Gasteiger partial charge in [0.2, 0.25) is 0 Å². The van der Waals surface area contributed by atoms with E-state index in [2.05, 4.69) is 0 Å². The maximum absolute atomic E-state index is 11.2. The molecule has 0 fully saturated rings. The van der Waals surface area contributed by atoms with Gasteiger partial charge in [0, 0.05) is 5.56 Å². The van der Waals surface area contributed by atoms with E-state index < -0.39 is 0 Å². The molecule has 0 spiro atoms. The maximum Gasteiger partial charge on any atom is 0.159 e. The van der Waals surface area contributed by atoms with E-state index in [0.717, 1.165) is 22.4 Å². The van der Waals surface area contributed by atoms with Crippen molar-refractivity contribution >= 4 is 5.78 Å². The van der Waals surface area contributed by atoms with Crippen LogP contribution < -0.4 is 4.74 Å². The van der Waals surface area contributed by atoms with Gasteiger partial charge < -0.3 is 4.74 Å². The maximum atomic E-state index is 11.2. The summed E-state index contributed by atoms with van der Waals surface area (Å²) in [7, 11) is 0. The average Bonchev–Trinajstić information content (AvgIpc) is 2.39. The zero-order valence-corrected chi connectivity index (χ0v) is 11.5. The molecule has 98 valence electrons. The van der Waals surface area contributed by atoms with Crippen molar-refractivity contribution in [3.63, 3.8) is 0 Å². The molecule has 2 nitrogen and oxygen atoms in total. The highest BCUT2D eigenvalue weighted by Crippen LogP contribution is 2.23. The second-order valence-electron chi connectivity index (χ2n) is 4.82. The standard InChI is InChI=1S/C17H18O2/c1-12(2)19-17-10-8-16(9-11-17)15-6-4-14(5-7-15)13(3)18/h4-12H,1-3H3. The van der Waals surface area contributed by atoms with Gasteiger partial charge in [-0.3, -0.25) is 4.79 Å². The first-order valence-electron chi connectivity index (χ1n) is 6.44. The number of benzene rings is 2. The van der Waals surface area contributed by atoms with Gasteiger partial charge in [-0.1, -0.05) is 36.4 Å². The molecule has 0 aliphatic rings. The van der Waals surface area contributed by atoms with Gasteiger partial charge in [-0.05, 0) is 44.0 Å². The van der Waals surface area contributed by atoms with Gasteiger partial charge in [-0.25, -0.2) is 0 Å². The summed E-state index contributed by atoms with van der Waals surface area (Å²) < 4.78 is 5.61. The van der Waals surface area contributed by atoms with Crippen LogP contribution in [0.1, 0.15) is 31.1 Å². The number of hydrogen-bond acceptors (Lipinski definition) is 2. The Labute approximate surface area is 114 Å². The highest BCUT2D eigenvalue weighted by atomic mass is 16.5. The van der Waals surface area contributed by atoms with Gasteiger partial charge in [-0.2, -0.15) is 0 Å². The lowest BCUT2D eigenvalue weighted by Gasteiger charge is -2.10. The largest absolute Gasteiger partial charge is 0.491 e. The Morgan fingerprint density at radius 2 is 1.37 bits per heavy atom. The minimum atomic E-state index is 0.0900. The number of Topliss-reactive ketones (excluding diaryl/α,β-unsaturated/α-hetero) is 1. The lowest BCUT2D eigenvalue weighted by atomic mass is 10.0. The molecule has 0 radical (unpaired) electrons. The van der Waals surface area contributed by atoms with Crippen molar-refractivity contribution in [1.29, 1.82) is 0 Å². The van der Waals surface area contributed by atoms with Crippen molar-refractivity contribution in [3.05, 3.63) is 54.1 Å². The third kappa shape index (κ3) is 3.44. The number of carbonyl (C=O) groups excluding carboxylic acids is 1. The molecule has 2 rings (SSSR count). The van der Waals surface area contributed by atoms with Crippen LogP contribution in [0.25, 0.3) is 11.1 Å². The van der Waals surface area contributed by atoms with Crippen molar-refractivity contribution in [1.82, 2.24) is 0 Å². The highest BCUT2D eigenvalue weighted by molar-refractivity contribution is 5.94.